The van der Waals surface area contributed by atoms with Crippen LogP contribution in [0, 0.1) is 5.82 Å². The van der Waals surface area contributed by atoms with Gasteiger partial charge in [0.1, 0.15) is 5.82 Å². The molecule has 1 aromatic heterocycles. The van der Waals surface area contributed by atoms with E-state index in [1.54, 1.807) is 29.2 Å². The summed E-state index contributed by atoms with van der Waals surface area (Å²) in [5, 5.41) is 3.55. The van der Waals surface area contributed by atoms with E-state index in [9.17, 15) is 14.0 Å². The fourth-order valence-corrected chi connectivity index (χ4v) is 3.21. The van der Waals surface area contributed by atoms with Crippen LogP contribution in [0.1, 0.15) is 33.8 Å². The second kappa shape index (κ2) is 7.74. The first kappa shape index (κ1) is 17.5. The number of thioether (sulfide) groups is 1. The van der Waals surface area contributed by atoms with Crippen molar-refractivity contribution in [1.29, 1.82) is 0 Å². The first-order chi connectivity index (χ1) is 12.1. The van der Waals surface area contributed by atoms with Crippen LogP contribution in [-0.4, -0.2) is 42.1 Å². The van der Waals surface area contributed by atoms with Crippen LogP contribution in [0.3, 0.4) is 0 Å². The summed E-state index contributed by atoms with van der Waals surface area (Å²) in [5.74, 6) is -0.758. The Bertz CT molecular complexity index is 769. The minimum Gasteiger partial charge on any atom is -0.445 e. The minimum absolute atomic E-state index is 0.0428. The molecular formula is C18H19FN2O3S. The molecule has 1 saturated heterocycles. The average molecular weight is 362 g/mol. The van der Waals surface area contributed by atoms with Crippen LogP contribution in [-0.2, 0) is 0 Å². The number of rotatable bonds is 4. The van der Waals surface area contributed by atoms with E-state index in [-0.39, 0.29) is 17.5 Å². The normalized spacial score (nSPS) is 15.2. The zero-order chi connectivity index (χ0) is 17.8. The number of amides is 2. The standard InChI is InChI=1S/C18H19FN2O3S/c1-25-16-7-6-15(24-16)18(23)21-10-8-12(9-11-21)20-17(22)13-4-2-3-5-14(13)19/h2-7,12H,8-11H2,1H3,(H,20,22). The summed E-state index contributed by atoms with van der Waals surface area (Å²) in [5.41, 5.74) is 0.0428. The maximum atomic E-state index is 13.7. The summed E-state index contributed by atoms with van der Waals surface area (Å²) in [7, 11) is 0. The quantitative estimate of drug-likeness (QED) is 0.849. The second-order valence-electron chi connectivity index (χ2n) is 5.84. The first-order valence-electron chi connectivity index (χ1n) is 8.07. The number of piperidine rings is 1. The van der Waals surface area contributed by atoms with Gasteiger partial charge in [-0.05, 0) is 43.4 Å². The molecule has 1 N–H and O–H groups in total. The zero-order valence-electron chi connectivity index (χ0n) is 13.8. The molecule has 25 heavy (non-hydrogen) atoms. The third-order valence-electron chi connectivity index (χ3n) is 4.23. The number of hydrogen-bond acceptors (Lipinski definition) is 4. The van der Waals surface area contributed by atoms with Gasteiger partial charge in [-0.15, -0.1) is 0 Å². The van der Waals surface area contributed by atoms with Gasteiger partial charge >= 0.3 is 0 Å². The number of furan rings is 1. The van der Waals surface area contributed by atoms with E-state index < -0.39 is 11.7 Å². The Morgan fingerprint density at radius 3 is 2.56 bits per heavy atom. The van der Waals surface area contributed by atoms with Crippen LogP contribution in [0.15, 0.2) is 45.9 Å². The molecule has 0 saturated carbocycles. The van der Waals surface area contributed by atoms with E-state index in [2.05, 4.69) is 5.32 Å². The smallest absolute Gasteiger partial charge is 0.289 e. The lowest BCUT2D eigenvalue weighted by Gasteiger charge is -2.31. The molecule has 7 heteroatoms. The van der Waals surface area contributed by atoms with Gasteiger partial charge in [0, 0.05) is 19.1 Å². The van der Waals surface area contributed by atoms with Gasteiger partial charge in [-0.2, -0.15) is 0 Å². The summed E-state index contributed by atoms with van der Waals surface area (Å²) in [4.78, 5) is 26.3. The maximum Gasteiger partial charge on any atom is 0.289 e. The van der Waals surface area contributed by atoms with Crippen molar-refractivity contribution in [3.05, 3.63) is 53.5 Å². The first-order valence-corrected chi connectivity index (χ1v) is 9.29. The number of carbonyl (C=O) groups excluding carboxylic acids is 2. The number of benzene rings is 1. The van der Waals surface area contributed by atoms with Crippen LogP contribution in [0.2, 0.25) is 0 Å². The molecule has 1 aliphatic rings. The highest BCUT2D eigenvalue weighted by Gasteiger charge is 2.26. The predicted molar refractivity (Wildman–Crippen MR) is 93.3 cm³/mol. The molecule has 3 rings (SSSR count). The third kappa shape index (κ3) is 4.04. The van der Waals surface area contributed by atoms with Crippen LogP contribution in [0.4, 0.5) is 4.39 Å². The van der Waals surface area contributed by atoms with E-state index in [0.717, 1.165) is 0 Å². The zero-order valence-corrected chi connectivity index (χ0v) is 14.6. The second-order valence-corrected chi connectivity index (χ2v) is 6.65. The lowest BCUT2D eigenvalue weighted by molar-refractivity contribution is 0.0662. The van der Waals surface area contributed by atoms with Crippen molar-refractivity contribution in [3.63, 3.8) is 0 Å². The van der Waals surface area contributed by atoms with Gasteiger partial charge in [0.15, 0.2) is 10.9 Å². The minimum atomic E-state index is -0.532. The highest BCUT2D eigenvalue weighted by molar-refractivity contribution is 7.98. The van der Waals surface area contributed by atoms with Crippen LogP contribution in [0.25, 0.3) is 0 Å². The highest BCUT2D eigenvalue weighted by atomic mass is 32.2. The molecule has 1 aliphatic heterocycles. The van der Waals surface area contributed by atoms with Crippen molar-refractivity contribution in [1.82, 2.24) is 10.2 Å². The van der Waals surface area contributed by atoms with Gasteiger partial charge in [-0.1, -0.05) is 23.9 Å². The summed E-state index contributed by atoms with van der Waals surface area (Å²) in [6, 6.07) is 9.29. The van der Waals surface area contributed by atoms with E-state index in [1.165, 1.54) is 23.9 Å². The summed E-state index contributed by atoms with van der Waals surface area (Å²) in [6.07, 6.45) is 3.14. The van der Waals surface area contributed by atoms with Crippen molar-refractivity contribution in [3.8, 4) is 0 Å². The Balaban J connectivity index is 1.54. The van der Waals surface area contributed by atoms with E-state index in [4.69, 9.17) is 4.42 Å². The van der Waals surface area contributed by atoms with Crippen molar-refractivity contribution in [2.75, 3.05) is 19.3 Å². The Labute approximate surface area is 149 Å². The molecule has 0 aliphatic carbocycles. The number of nitrogens with one attached hydrogen (secondary N) is 1. The molecule has 2 amide bonds. The van der Waals surface area contributed by atoms with Gasteiger partial charge in [0.05, 0.1) is 5.56 Å². The molecule has 1 fully saturated rings. The summed E-state index contributed by atoms with van der Waals surface area (Å²) >= 11 is 1.44. The molecular weight excluding hydrogens is 343 g/mol. The fraction of sp³-hybridized carbons (Fsp3) is 0.333. The molecule has 5 nitrogen and oxygen atoms in total. The number of carbonyl (C=O) groups is 2. The third-order valence-corrected chi connectivity index (χ3v) is 4.85. The molecule has 0 bridgehead atoms. The Morgan fingerprint density at radius 1 is 1.20 bits per heavy atom. The monoisotopic (exact) mass is 362 g/mol. The van der Waals surface area contributed by atoms with Crippen molar-refractivity contribution in [2.45, 2.75) is 24.0 Å². The van der Waals surface area contributed by atoms with Crippen molar-refractivity contribution < 1.29 is 18.4 Å². The highest BCUT2D eigenvalue weighted by Crippen LogP contribution is 2.21. The Morgan fingerprint density at radius 2 is 1.92 bits per heavy atom. The summed E-state index contributed by atoms with van der Waals surface area (Å²) in [6.45, 7) is 1.05. The van der Waals surface area contributed by atoms with Crippen LogP contribution >= 0.6 is 11.8 Å². The van der Waals surface area contributed by atoms with Gasteiger partial charge < -0.3 is 14.6 Å². The van der Waals surface area contributed by atoms with Crippen LogP contribution < -0.4 is 5.32 Å². The van der Waals surface area contributed by atoms with E-state index >= 15 is 0 Å². The van der Waals surface area contributed by atoms with Gasteiger partial charge in [-0.3, -0.25) is 9.59 Å². The topological polar surface area (TPSA) is 62.6 Å². The van der Waals surface area contributed by atoms with Gasteiger partial charge in [0.25, 0.3) is 11.8 Å². The fourth-order valence-electron chi connectivity index (χ4n) is 2.84. The summed E-state index contributed by atoms with van der Waals surface area (Å²) < 4.78 is 19.1. The number of likely N-dealkylation sites (tertiary alicyclic amines) is 1. The maximum absolute atomic E-state index is 13.7. The van der Waals surface area contributed by atoms with E-state index in [1.807, 2.05) is 6.26 Å². The molecule has 1 aromatic carbocycles. The number of nitrogens with zero attached hydrogens (tertiary/aromatic N) is 1. The Hall–Kier alpha value is -2.28. The van der Waals surface area contributed by atoms with Crippen LogP contribution in [0.5, 0.6) is 0 Å². The van der Waals surface area contributed by atoms with Gasteiger partial charge in [0.2, 0.25) is 0 Å². The molecule has 0 radical (unpaired) electrons. The molecule has 0 atom stereocenters. The Kier molecular flexibility index (Phi) is 5.43. The molecule has 2 heterocycles. The van der Waals surface area contributed by atoms with E-state index in [0.29, 0.717) is 36.8 Å². The van der Waals surface area contributed by atoms with Crippen molar-refractivity contribution in [2.24, 2.45) is 0 Å². The lowest BCUT2D eigenvalue weighted by Crippen LogP contribution is -2.46. The molecule has 132 valence electrons. The molecule has 0 spiro atoms. The predicted octanol–water partition coefficient (Wildman–Crippen LogP) is 3.18. The molecule has 2 aromatic rings. The van der Waals surface area contributed by atoms with Crippen molar-refractivity contribution >= 4 is 23.6 Å². The van der Waals surface area contributed by atoms with Gasteiger partial charge in [-0.25, -0.2) is 4.39 Å². The number of halogens is 1. The largest absolute Gasteiger partial charge is 0.445 e. The average Bonchev–Trinajstić information content (AvgIpc) is 3.11. The lowest BCUT2D eigenvalue weighted by atomic mass is 10.0. The number of hydrogen-bond donors (Lipinski definition) is 1. The SMILES string of the molecule is CSc1ccc(C(=O)N2CCC(NC(=O)c3ccccc3F)CC2)o1. The molecule has 0 unspecified atom stereocenters.